The molecule has 1 unspecified atom stereocenters. The molecule has 0 amide bonds. The van der Waals surface area contributed by atoms with E-state index in [2.05, 4.69) is 49.1 Å². The molecule has 1 fully saturated rings. The Morgan fingerprint density at radius 2 is 1.67 bits per heavy atom. The molecule has 128 valence electrons. The van der Waals surface area contributed by atoms with Crippen LogP contribution < -0.4 is 10.5 Å². The van der Waals surface area contributed by atoms with Gasteiger partial charge in [0.1, 0.15) is 11.5 Å². The first-order chi connectivity index (χ1) is 11.7. The Labute approximate surface area is 144 Å². The first-order valence-corrected chi connectivity index (χ1v) is 8.55. The summed E-state index contributed by atoms with van der Waals surface area (Å²) < 4.78 is 11.5. The lowest BCUT2D eigenvalue weighted by Crippen LogP contribution is -2.41. The molecule has 0 radical (unpaired) electrons. The zero-order valence-corrected chi connectivity index (χ0v) is 14.5. The Balaban J connectivity index is 1.75. The number of nitrogens with two attached hydrogens (primary N) is 1. The van der Waals surface area contributed by atoms with Gasteiger partial charge in [0.15, 0.2) is 0 Å². The minimum Gasteiger partial charge on any atom is -0.457 e. The molecule has 0 saturated carbocycles. The molecule has 1 aliphatic heterocycles. The fourth-order valence-electron chi connectivity index (χ4n) is 3.22. The summed E-state index contributed by atoms with van der Waals surface area (Å²) >= 11 is 0. The first kappa shape index (κ1) is 17.0. The Kier molecular flexibility index (Phi) is 5.51. The molecule has 0 bridgehead atoms. The predicted molar refractivity (Wildman–Crippen MR) is 96.6 cm³/mol. The van der Waals surface area contributed by atoms with Crippen LogP contribution in [0.1, 0.15) is 22.7 Å². The lowest BCUT2D eigenvalue weighted by molar-refractivity contribution is 0.0179. The maximum atomic E-state index is 6.09. The van der Waals surface area contributed by atoms with Crippen LogP contribution in [0.15, 0.2) is 42.5 Å². The van der Waals surface area contributed by atoms with Crippen LogP contribution in [0, 0.1) is 13.8 Å². The van der Waals surface area contributed by atoms with E-state index in [0.29, 0.717) is 6.54 Å². The smallest absolute Gasteiger partial charge is 0.133 e. The molecule has 3 rings (SSSR count). The minimum atomic E-state index is 0.239. The third-order valence-corrected chi connectivity index (χ3v) is 4.60. The van der Waals surface area contributed by atoms with E-state index < -0.39 is 0 Å². The fraction of sp³-hybridized carbons (Fsp3) is 0.400. The summed E-state index contributed by atoms with van der Waals surface area (Å²) in [6.45, 7) is 8.18. The normalized spacial score (nSPS) is 16.8. The highest BCUT2D eigenvalue weighted by Crippen LogP contribution is 2.30. The van der Waals surface area contributed by atoms with E-state index in [-0.39, 0.29) is 6.04 Å². The largest absolute Gasteiger partial charge is 0.457 e. The summed E-state index contributed by atoms with van der Waals surface area (Å²) in [5.41, 5.74) is 9.54. The number of benzene rings is 2. The molecule has 4 heteroatoms. The van der Waals surface area contributed by atoms with Gasteiger partial charge in [-0.3, -0.25) is 4.90 Å². The highest BCUT2D eigenvalue weighted by molar-refractivity contribution is 5.43. The zero-order valence-electron chi connectivity index (χ0n) is 14.5. The molecule has 1 aliphatic rings. The second-order valence-electron chi connectivity index (χ2n) is 6.29. The molecule has 1 saturated heterocycles. The van der Waals surface area contributed by atoms with E-state index in [1.165, 1.54) is 5.56 Å². The molecule has 0 aromatic heterocycles. The number of hydrogen-bond donors (Lipinski definition) is 1. The van der Waals surface area contributed by atoms with Gasteiger partial charge in [-0.05, 0) is 42.7 Å². The maximum absolute atomic E-state index is 6.09. The average Bonchev–Trinajstić information content (AvgIpc) is 2.61. The van der Waals surface area contributed by atoms with Gasteiger partial charge in [0.25, 0.3) is 0 Å². The number of hydrogen-bond acceptors (Lipinski definition) is 4. The summed E-state index contributed by atoms with van der Waals surface area (Å²) in [5.74, 6) is 1.79. The molecule has 0 spiro atoms. The van der Waals surface area contributed by atoms with E-state index in [0.717, 1.165) is 48.9 Å². The molecular weight excluding hydrogens is 300 g/mol. The quantitative estimate of drug-likeness (QED) is 0.914. The standard InChI is InChI=1S/C20H26N2O2/c1-15-4-3-5-16(2)20(15)24-18-8-6-17(7-9-18)19(14-21)22-10-12-23-13-11-22/h3-9,19H,10-14,21H2,1-2H3. The van der Waals surface area contributed by atoms with Crippen LogP contribution in [0.5, 0.6) is 11.5 Å². The summed E-state index contributed by atoms with van der Waals surface area (Å²) in [4.78, 5) is 2.39. The van der Waals surface area contributed by atoms with Gasteiger partial charge in [-0.2, -0.15) is 0 Å². The average molecular weight is 326 g/mol. The maximum Gasteiger partial charge on any atom is 0.133 e. The Bertz CT molecular complexity index is 644. The van der Waals surface area contributed by atoms with Crippen LogP contribution in [0.4, 0.5) is 0 Å². The molecule has 24 heavy (non-hydrogen) atoms. The van der Waals surface area contributed by atoms with Crippen molar-refractivity contribution in [1.29, 1.82) is 0 Å². The van der Waals surface area contributed by atoms with E-state index in [9.17, 15) is 0 Å². The van der Waals surface area contributed by atoms with Crippen molar-refractivity contribution in [3.8, 4) is 11.5 Å². The molecule has 1 heterocycles. The van der Waals surface area contributed by atoms with E-state index in [4.69, 9.17) is 15.2 Å². The molecule has 1 atom stereocenters. The van der Waals surface area contributed by atoms with Crippen LogP contribution in [0.25, 0.3) is 0 Å². The molecule has 2 aromatic rings. The predicted octanol–water partition coefficient (Wildman–Crippen LogP) is 3.43. The Hall–Kier alpha value is -1.88. The number of para-hydroxylation sites is 1. The van der Waals surface area contributed by atoms with Crippen molar-refractivity contribution in [3.63, 3.8) is 0 Å². The van der Waals surface area contributed by atoms with Crippen LogP contribution >= 0.6 is 0 Å². The minimum absolute atomic E-state index is 0.239. The highest BCUT2D eigenvalue weighted by Gasteiger charge is 2.21. The summed E-state index contributed by atoms with van der Waals surface area (Å²) in [6, 6.07) is 14.7. The topological polar surface area (TPSA) is 47.7 Å². The lowest BCUT2D eigenvalue weighted by Gasteiger charge is -2.34. The molecule has 4 nitrogen and oxygen atoms in total. The van der Waals surface area contributed by atoms with Crippen molar-refractivity contribution >= 4 is 0 Å². The second-order valence-corrected chi connectivity index (χ2v) is 6.29. The van der Waals surface area contributed by atoms with Crippen molar-refractivity contribution in [2.24, 2.45) is 5.73 Å². The van der Waals surface area contributed by atoms with Crippen molar-refractivity contribution in [2.75, 3.05) is 32.8 Å². The van der Waals surface area contributed by atoms with E-state index >= 15 is 0 Å². The van der Waals surface area contributed by atoms with Crippen molar-refractivity contribution in [1.82, 2.24) is 4.90 Å². The molecule has 2 aromatic carbocycles. The van der Waals surface area contributed by atoms with E-state index in [1.54, 1.807) is 0 Å². The van der Waals surface area contributed by atoms with Gasteiger partial charge in [0.05, 0.1) is 13.2 Å². The zero-order chi connectivity index (χ0) is 16.9. The van der Waals surface area contributed by atoms with Gasteiger partial charge in [-0.15, -0.1) is 0 Å². The molecule has 2 N–H and O–H groups in total. The second kappa shape index (κ2) is 7.79. The number of rotatable bonds is 5. The van der Waals surface area contributed by atoms with Gasteiger partial charge in [0.2, 0.25) is 0 Å². The SMILES string of the molecule is Cc1cccc(C)c1Oc1ccc(C(CN)N2CCOCC2)cc1. The van der Waals surface area contributed by atoms with Crippen LogP contribution in [-0.4, -0.2) is 37.7 Å². The number of aryl methyl sites for hydroxylation is 2. The van der Waals surface area contributed by atoms with Crippen molar-refractivity contribution < 1.29 is 9.47 Å². The third-order valence-electron chi connectivity index (χ3n) is 4.60. The first-order valence-electron chi connectivity index (χ1n) is 8.55. The van der Waals surface area contributed by atoms with E-state index in [1.807, 2.05) is 12.1 Å². The van der Waals surface area contributed by atoms with Crippen molar-refractivity contribution in [3.05, 3.63) is 59.2 Å². The summed E-state index contributed by atoms with van der Waals surface area (Å²) in [6.07, 6.45) is 0. The van der Waals surface area contributed by atoms with Gasteiger partial charge in [-0.25, -0.2) is 0 Å². The summed E-state index contributed by atoms with van der Waals surface area (Å²) in [5, 5.41) is 0. The van der Waals surface area contributed by atoms with Crippen LogP contribution in [0.3, 0.4) is 0 Å². The highest BCUT2D eigenvalue weighted by atomic mass is 16.5. The van der Waals surface area contributed by atoms with Gasteiger partial charge < -0.3 is 15.2 Å². The van der Waals surface area contributed by atoms with Crippen molar-refractivity contribution in [2.45, 2.75) is 19.9 Å². The Morgan fingerprint density at radius 3 is 2.25 bits per heavy atom. The number of ether oxygens (including phenoxy) is 2. The monoisotopic (exact) mass is 326 g/mol. The third kappa shape index (κ3) is 3.78. The fourth-order valence-corrected chi connectivity index (χ4v) is 3.22. The van der Waals surface area contributed by atoms with Crippen LogP contribution in [-0.2, 0) is 4.74 Å². The number of morpholine rings is 1. The Morgan fingerprint density at radius 1 is 1.04 bits per heavy atom. The molecular formula is C20H26N2O2. The van der Waals surface area contributed by atoms with Gasteiger partial charge in [-0.1, -0.05) is 30.3 Å². The number of nitrogens with zero attached hydrogens (tertiary/aromatic N) is 1. The van der Waals surface area contributed by atoms with Gasteiger partial charge >= 0.3 is 0 Å². The summed E-state index contributed by atoms with van der Waals surface area (Å²) in [7, 11) is 0. The van der Waals surface area contributed by atoms with Gasteiger partial charge in [0, 0.05) is 25.7 Å². The van der Waals surface area contributed by atoms with Crippen LogP contribution in [0.2, 0.25) is 0 Å². The molecule has 0 aliphatic carbocycles. The lowest BCUT2D eigenvalue weighted by atomic mass is 10.0.